The number of hydrogen-bond acceptors (Lipinski definition) is 12. The van der Waals surface area contributed by atoms with Crippen molar-refractivity contribution in [2.75, 3.05) is 118 Å². The highest BCUT2D eigenvalue weighted by molar-refractivity contribution is 5.74. The summed E-state index contributed by atoms with van der Waals surface area (Å²) in [7, 11) is 0. The van der Waals surface area contributed by atoms with E-state index in [2.05, 4.69) is 0 Å². The van der Waals surface area contributed by atoms with Gasteiger partial charge in [0, 0.05) is 59.0 Å². The summed E-state index contributed by atoms with van der Waals surface area (Å²) < 4.78 is 21.8. The van der Waals surface area contributed by atoms with Gasteiger partial charge in [0.15, 0.2) is 0 Å². The molecule has 1 aromatic rings. The van der Waals surface area contributed by atoms with Crippen molar-refractivity contribution in [3.05, 3.63) is 29.8 Å². The number of nitrogens with zero attached hydrogens (tertiary/aromatic N) is 4. The van der Waals surface area contributed by atoms with Crippen LogP contribution in [0.5, 0.6) is 5.75 Å². The first-order valence-electron chi connectivity index (χ1n) is 15.8. The Morgan fingerprint density at radius 2 is 1.02 bits per heavy atom. The maximum absolute atomic E-state index is 12.6. The monoisotopic (exact) mass is 670 g/mol. The van der Waals surface area contributed by atoms with Gasteiger partial charge in [-0.1, -0.05) is 12.1 Å². The molecule has 1 heterocycles. The first kappa shape index (κ1) is 39.8. The Bertz CT molecular complexity index is 1050. The van der Waals surface area contributed by atoms with E-state index in [-0.39, 0.29) is 78.4 Å². The van der Waals surface area contributed by atoms with E-state index in [1.807, 2.05) is 6.92 Å². The molecule has 0 radical (unpaired) electrons. The molecule has 1 atom stereocenters. The fourth-order valence-corrected chi connectivity index (χ4v) is 5.03. The second-order valence-electron chi connectivity index (χ2n) is 11.0. The second-order valence-corrected chi connectivity index (χ2v) is 11.0. The Kier molecular flexibility index (Phi) is 19.5. The Morgan fingerprint density at radius 1 is 0.617 bits per heavy atom. The number of aliphatic carboxylic acids is 4. The summed E-state index contributed by atoms with van der Waals surface area (Å²) in [5.41, 5.74) is 0.755. The quantitative estimate of drug-likeness (QED) is 0.123. The van der Waals surface area contributed by atoms with Crippen molar-refractivity contribution >= 4 is 23.9 Å². The summed E-state index contributed by atoms with van der Waals surface area (Å²) in [6, 6.07) is 6.13. The van der Waals surface area contributed by atoms with E-state index >= 15 is 0 Å². The number of benzene rings is 1. The van der Waals surface area contributed by atoms with Crippen LogP contribution in [0.4, 0.5) is 0 Å². The fraction of sp³-hybridized carbons (Fsp3) is 0.677. The zero-order valence-corrected chi connectivity index (χ0v) is 27.2. The largest absolute Gasteiger partial charge is 0.491 e. The molecule has 0 saturated carbocycles. The molecule has 0 spiro atoms. The highest BCUT2D eigenvalue weighted by Gasteiger charge is 2.28. The van der Waals surface area contributed by atoms with Crippen LogP contribution in [0.2, 0.25) is 0 Å². The van der Waals surface area contributed by atoms with Gasteiger partial charge in [0.1, 0.15) is 18.4 Å². The van der Waals surface area contributed by atoms with E-state index in [0.29, 0.717) is 52.0 Å². The third-order valence-electron chi connectivity index (χ3n) is 7.47. The summed E-state index contributed by atoms with van der Waals surface area (Å²) in [4.78, 5) is 53.8. The zero-order chi connectivity index (χ0) is 34.4. The van der Waals surface area contributed by atoms with Crippen LogP contribution < -0.4 is 4.74 Å². The average molecular weight is 671 g/mol. The van der Waals surface area contributed by atoms with Gasteiger partial charge in [-0.2, -0.15) is 0 Å². The van der Waals surface area contributed by atoms with Gasteiger partial charge in [-0.05, 0) is 31.0 Å². The van der Waals surface area contributed by atoms with E-state index in [9.17, 15) is 39.6 Å². The van der Waals surface area contributed by atoms with Gasteiger partial charge in [0.05, 0.1) is 52.7 Å². The molecule has 0 aliphatic carbocycles. The van der Waals surface area contributed by atoms with E-state index in [0.717, 1.165) is 5.56 Å². The standard InChI is InChI=1S/C31H50N4O12/c1-2-44-15-16-45-17-18-46-19-20-47-26-5-3-25(4-6-26)21-27(31(42)43)35-13-11-33(23-29(38)39)9-7-32(22-28(36)37)8-10-34(12-14-35)24-30(40)41/h3-6,27H,2,7-24H2,1H3,(H,36,37)(H,38,39)(H,40,41)(H,42,43)/t27-/m1/s1. The van der Waals surface area contributed by atoms with Crippen LogP contribution in [-0.4, -0.2) is 188 Å². The van der Waals surface area contributed by atoms with Gasteiger partial charge >= 0.3 is 23.9 Å². The molecule has 16 heteroatoms. The molecule has 0 amide bonds. The third-order valence-corrected chi connectivity index (χ3v) is 7.47. The molecule has 4 N–H and O–H groups in total. The van der Waals surface area contributed by atoms with Crippen LogP contribution in [0.25, 0.3) is 0 Å². The van der Waals surface area contributed by atoms with Crippen LogP contribution >= 0.6 is 0 Å². The second kappa shape index (κ2) is 23.0. The van der Waals surface area contributed by atoms with Crippen molar-refractivity contribution < 1.29 is 58.6 Å². The van der Waals surface area contributed by atoms with Crippen molar-refractivity contribution in [3.63, 3.8) is 0 Å². The number of hydrogen-bond donors (Lipinski definition) is 4. The van der Waals surface area contributed by atoms with Crippen LogP contribution in [0, 0.1) is 0 Å². The number of ether oxygens (including phenoxy) is 4. The maximum Gasteiger partial charge on any atom is 0.321 e. The Morgan fingerprint density at radius 3 is 1.43 bits per heavy atom. The van der Waals surface area contributed by atoms with E-state index in [1.165, 1.54) is 0 Å². The number of carboxylic acids is 4. The third kappa shape index (κ3) is 17.9. The lowest BCUT2D eigenvalue weighted by atomic mass is 10.0. The van der Waals surface area contributed by atoms with E-state index in [4.69, 9.17) is 18.9 Å². The Hall–Kier alpha value is -3.38. The van der Waals surface area contributed by atoms with Gasteiger partial charge in [0.25, 0.3) is 0 Å². The predicted molar refractivity (Wildman–Crippen MR) is 169 cm³/mol. The van der Waals surface area contributed by atoms with Crippen LogP contribution in [0.15, 0.2) is 24.3 Å². The van der Waals surface area contributed by atoms with Crippen molar-refractivity contribution in [1.29, 1.82) is 0 Å². The summed E-state index contributed by atoms with van der Waals surface area (Å²) >= 11 is 0. The lowest BCUT2D eigenvalue weighted by molar-refractivity contribution is -0.144. The van der Waals surface area contributed by atoms with Crippen molar-refractivity contribution in [2.24, 2.45) is 0 Å². The molecular formula is C31H50N4O12. The van der Waals surface area contributed by atoms with Crippen LogP contribution in [-0.2, 0) is 39.8 Å². The normalized spacial score (nSPS) is 17.0. The van der Waals surface area contributed by atoms with Gasteiger partial charge in [0.2, 0.25) is 0 Å². The number of carboxylic acid groups (broad SMARTS) is 4. The van der Waals surface area contributed by atoms with Gasteiger partial charge in [-0.25, -0.2) is 0 Å². The van der Waals surface area contributed by atoms with Crippen molar-refractivity contribution in [3.8, 4) is 5.75 Å². The van der Waals surface area contributed by atoms with E-state index < -0.39 is 29.9 Å². The van der Waals surface area contributed by atoms with Gasteiger partial charge in [-0.3, -0.25) is 38.8 Å². The number of carbonyl (C=O) groups is 4. The molecule has 0 unspecified atom stereocenters. The molecule has 16 nitrogen and oxygen atoms in total. The maximum atomic E-state index is 12.6. The molecule has 0 bridgehead atoms. The predicted octanol–water partition coefficient (Wildman–Crippen LogP) is -0.394. The Labute approximate surface area is 275 Å². The molecule has 47 heavy (non-hydrogen) atoms. The topological polar surface area (TPSA) is 199 Å². The Balaban J connectivity index is 2.03. The smallest absolute Gasteiger partial charge is 0.321 e. The van der Waals surface area contributed by atoms with Crippen molar-refractivity contribution in [2.45, 2.75) is 19.4 Å². The highest BCUT2D eigenvalue weighted by atomic mass is 16.6. The van der Waals surface area contributed by atoms with Crippen LogP contribution in [0.3, 0.4) is 0 Å². The minimum atomic E-state index is -1.06. The summed E-state index contributed by atoms with van der Waals surface area (Å²) in [5.74, 6) is -3.59. The minimum Gasteiger partial charge on any atom is -0.491 e. The molecule has 1 fully saturated rings. The first-order valence-corrected chi connectivity index (χ1v) is 15.8. The minimum absolute atomic E-state index is 0.159. The molecule has 266 valence electrons. The lowest BCUT2D eigenvalue weighted by Crippen LogP contribution is -2.52. The highest BCUT2D eigenvalue weighted by Crippen LogP contribution is 2.16. The fourth-order valence-electron chi connectivity index (χ4n) is 5.03. The molecule has 1 aromatic carbocycles. The SMILES string of the molecule is CCOCCOCCOCCOc1ccc(C[C@H](C(=O)O)N2CCN(CC(=O)O)CCN(CC(=O)O)CCN(CC(=O)O)CC2)cc1. The average Bonchev–Trinajstić information content (AvgIpc) is 3.01. The summed E-state index contributed by atoms with van der Waals surface area (Å²) in [6.45, 7) is 6.30. The molecule has 1 saturated heterocycles. The van der Waals surface area contributed by atoms with Gasteiger partial charge < -0.3 is 39.4 Å². The van der Waals surface area contributed by atoms with Gasteiger partial charge in [-0.15, -0.1) is 0 Å². The molecule has 1 aliphatic heterocycles. The molecule has 0 aromatic heterocycles. The first-order chi connectivity index (χ1) is 22.6. The molecular weight excluding hydrogens is 620 g/mol. The molecule has 2 rings (SSSR count). The van der Waals surface area contributed by atoms with E-state index in [1.54, 1.807) is 43.9 Å². The van der Waals surface area contributed by atoms with Crippen molar-refractivity contribution in [1.82, 2.24) is 19.6 Å². The zero-order valence-electron chi connectivity index (χ0n) is 27.2. The lowest BCUT2D eigenvalue weighted by Gasteiger charge is -2.35. The molecule has 1 aliphatic rings. The van der Waals surface area contributed by atoms with Crippen LogP contribution in [0.1, 0.15) is 12.5 Å². The summed E-state index contributed by atoms with van der Waals surface area (Å²) in [5, 5.41) is 38.5. The summed E-state index contributed by atoms with van der Waals surface area (Å²) in [6.07, 6.45) is 0.159. The number of rotatable bonds is 21.